The molecule has 1 heterocycles. The number of amides is 2. The molecule has 0 spiro atoms. The van der Waals surface area contributed by atoms with Crippen LogP contribution < -0.4 is 4.90 Å². The number of benzene rings is 1. The maximum absolute atomic E-state index is 11.8. The summed E-state index contributed by atoms with van der Waals surface area (Å²) in [6, 6.07) is 4.15. The number of anilines is 1. The molecular weight excluding hydrogens is 244 g/mol. The van der Waals surface area contributed by atoms with Gasteiger partial charge in [-0.2, -0.15) is 0 Å². The van der Waals surface area contributed by atoms with Gasteiger partial charge in [0.2, 0.25) is 0 Å². The molecule has 1 saturated heterocycles. The number of carbonyl (C=O) groups is 2. The smallest absolute Gasteiger partial charge is 0.335 e. The van der Waals surface area contributed by atoms with Gasteiger partial charge in [0.15, 0.2) is 0 Å². The van der Waals surface area contributed by atoms with Gasteiger partial charge >= 0.3 is 12.0 Å². The van der Waals surface area contributed by atoms with Crippen LogP contribution in [0.15, 0.2) is 18.2 Å². The van der Waals surface area contributed by atoms with Crippen molar-refractivity contribution >= 4 is 29.3 Å². The lowest BCUT2D eigenvalue weighted by Crippen LogP contribution is -2.29. The number of likely N-dealkylation sites (N-methyl/N-ethyl adjacent to an activating group) is 1. The molecule has 1 aromatic carbocycles. The van der Waals surface area contributed by atoms with E-state index in [1.54, 1.807) is 11.9 Å². The summed E-state index contributed by atoms with van der Waals surface area (Å²) in [7, 11) is 1.69. The van der Waals surface area contributed by atoms with Gasteiger partial charge in [0.25, 0.3) is 0 Å². The Balaban J connectivity index is 2.41. The number of hydrogen-bond donors (Lipinski definition) is 1. The van der Waals surface area contributed by atoms with Crippen molar-refractivity contribution in [1.82, 2.24) is 4.90 Å². The lowest BCUT2D eigenvalue weighted by atomic mass is 10.2. The zero-order valence-electron chi connectivity index (χ0n) is 9.18. The lowest BCUT2D eigenvalue weighted by molar-refractivity contribution is 0.0697. The normalized spacial score (nSPS) is 15.5. The average molecular weight is 255 g/mol. The highest BCUT2D eigenvalue weighted by Crippen LogP contribution is 2.29. The molecule has 90 valence electrons. The molecule has 0 unspecified atom stereocenters. The van der Waals surface area contributed by atoms with Gasteiger partial charge in [-0.25, -0.2) is 9.59 Å². The highest BCUT2D eigenvalue weighted by atomic mass is 35.5. The highest BCUT2D eigenvalue weighted by molar-refractivity contribution is 6.34. The standard InChI is InChI=1S/C11H11ClN2O3/c1-13-4-5-14(11(13)17)9-6-7(10(15)16)2-3-8(9)12/h2-3,6H,4-5H2,1H3,(H,15,16). The Morgan fingerprint density at radius 3 is 2.65 bits per heavy atom. The topological polar surface area (TPSA) is 60.9 Å². The molecule has 1 N–H and O–H groups in total. The molecule has 6 heteroatoms. The fourth-order valence-electron chi connectivity index (χ4n) is 1.72. The summed E-state index contributed by atoms with van der Waals surface area (Å²) in [6.07, 6.45) is 0. The van der Waals surface area contributed by atoms with Crippen molar-refractivity contribution in [2.24, 2.45) is 0 Å². The van der Waals surface area contributed by atoms with Crippen molar-refractivity contribution in [2.75, 3.05) is 25.0 Å². The van der Waals surface area contributed by atoms with Gasteiger partial charge in [0, 0.05) is 20.1 Å². The Hall–Kier alpha value is -1.75. The number of rotatable bonds is 2. The van der Waals surface area contributed by atoms with E-state index in [1.165, 1.54) is 23.1 Å². The average Bonchev–Trinajstić information content (AvgIpc) is 2.60. The van der Waals surface area contributed by atoms with Crippen LogP contribution in [-0.2, 0) is 0 Å². The second-order valence-corrected chi connectivity index (χ2v) is 4.23. The molecule has 0 radical (unpaired) electrons. The maximum Gasteiger partial charge on any atom is 0.335 e. The predicted molar refractivity (Wildman–Crippen MR) is 63.8 cm³/mol. The van der Waals surface area contributed by atoms with Crippen LogP contribution >= 0.6 is 11.6 Å². The largest absolute Gasteiger partial charge is 0.478 e. The van der Waals surface area contributed by atoms with Crippen molar-refractivity contribution in [2.45, 2.75) is 0 Å². The summed E-state index contributed by atoms with van der Waals surface area (Å²) >= 11 is 5.99. The van der Waals surface area contributed by atoms with Gasteiger partial charge < -0.3 is 10.0 Å². The van der Waals surface area contributed by atoms with Gasteiger partial charge in [0.05, 0.1) is 16.3 Å². The Bertz CT molecular complexity index is 490. The lowest BCUT2D eigenvalue weighted by Gasteiger charge is -2.17. The molecule has 0 aliphatic carbocycles. The summed E-state index contributed by atoms with van der Waals surface area (Å²) in [5.41, 5.74) is 0.563. The second-order valence-electron chi connectivity index (χ2n) is 3.83. The maximum atomic E-state index is 11.8. The number of urea groups is 1. The molecule has 1 aliphatic heterocycles. The molecule has 2 rings (SSSR count). The predicted octanol–water partition coefficient (Wildman–Crippen LogP) is 1.91. The summed E-state index contributed by atoms with van der Waals surface area (Å²) in [6.45, 7) is 1.12. The van der Waals surface area contributed by atoms with Crippen molar-refractivity contribution in [3.05, 3.63) is 28.8 Å². The minimum Gasteiger partial charge on any atom is -0.478 e. The molecule has 0 saturated carbocycles. The first kappa shape index (κ1) is 11.7. The van der Waals surface area contributed by atoms with E-state index in [0.717, 1.165) is 0 Å². The first-order valence-electron chi connectivity index (χ1n) is 5.06. The van der Waals surface area contributed by atoms with Gasteiger partial charge in [-0.1, -0.05) is 11.6 Å². The van der Waals surface area contributed by atoms with Crippen LogP contribution in [0, 0.1) is 0 Å². The Kier molecular flexibility index (Phi) is 2.93. The van der Waals surface area contributed by atoms with E-state index in [-0.39, 0.29) is 11.6 Å². The molecule has 0 atom stereocenters. The van der Waals surface area contributed by atoms with E-state index in [1.807, 2.05) is 0 Å². The number of nitrogens with zero attached hydrogens (tertiary/aromatic N) is 2. The molecule has 17 heavy (non-hydrogen) atoms. The molecule has 0 aromatic heterocycles. The Morgan fingerprint density at radius 1 is 1.41 bits per heavy atom. The first-order valence-corrected chi connectivity index (χ1v) is 5.44. The molecule has 2 amide bonds. The van der Waals surface area contributed by atoms with Gasteiger partial charge in [-0.15, -0.1) is 0 Å². The number of carboxylic acid groups (broad SMARTS) is 1. The zero-order chi connectivity index (χ0) is 12.6. The number of halogens is 1. The minimum absolute atomic E-state index is 0.117. The third-order valence-corrected chi connectivity index (χ3v) is 3.02. The highest BCUT2D eigenvalue weighted by Gasteiger charge is 2.28. The van der Waals surface area contributed by atoms with E-state index in [0.29, 0.717) is 23.8 Å². The second kappa shape index (κ2) is 4.25. The Morgan fingerprint density at radius 2 is 2.12 bits per heavy atom. The molecule has 5 nitrogen and oxygen atoms in total. The molecule has 1 aromatic rings. The fraction of sp³-hybridized carbons (Fsp3) is 0.273. The fourth-order valence-corrected chi connectivity index (χ4v) is 1.94. The summed E-state index contributed by atoms with van der Waals surface area (Å²) in [5, 5.41) is 9.28. The van der Waals surface area contributed by atoms with Crippen molar-refractivity contribution in [1.29, 1.82) is 0 Å². The third kappa shape index (κ3) is 2.06. The molecule has 1 aliphatic rings. The summed E-state index contributed by atoms with van der Waals surface area (Å²) in [4.78, 5) is 25.7. The van der Waals surface area contributed by atoms with E-state index >= 15 is 0 Å². The molecular formula is C11H11ClN2O3. The first-order chi connectivity index (χ1) is 8.00. The number of hydrogen-bond acceptors (Lipinski definition) is 2. The third-order valence-electron chi connectivity index (χ3n) is 2.70. The number of carbonyl (C=O) groups excluding carboxylic acids is 1. The van der Waals surface area contributed by atoms with E-state index in [4.69, 9.17) is 16.7 Å². The SMILES string of the molecule is CN1CCN(c2cc(C(=O)O)ccc2Cl)C1=O. The van der Waals surface area contributed by atoms with Crippen LogP contribution in [0.3, 0.4) is 0 Å². The number of carboxylic acids is 1. The van der Waals surface area contributed by atoms with Gasteiger partial charge in [0.1, 0.15) is 0 Å². The Labute approximate surface area is 103 Å². The number of aromatic carboxylic acids is 1. The van der Waals surface area contributed by atoms with Gasteiger partial charge in [-0.05, 0) is 18.2 Å². The van der Waals surface area contributed by atoms with Crippen LogP contribution in [0.2, 0.25) is 5.02 Å². The van der Waals surface area contributed by atoms with Crippen LogP contribution in [0.1, 0.15) is 10.4 Å². The zero-order valence-corrected chi connectivity index (χ0v) is 9.94. The van der Waals surface area contributed by atoms with Crippen LogP contribution in [-0.4, -0.2) is 42.1 Å². The summed E-state index contributed by atoms with van der Waals surface area (Å²) < 4.78 is 0. The van der Waals surface area contributed by atoms with Crippen molar-refractivity contribution in [3.63, 3.8) is 0 Å². The van der Waals surface area contributed by atoms with E-state index < -0.39 is 5.97 Å². The van der Waals surface area contributed by atoms with Crippen LogP contribution in [0.4, 0.5) is 10.5 Å². The molecule has 0 bridgehead atoms. The van der Waals surface area contributed by atoms with Crippen molar-refractivity contribution in [3.8, 4) is 0 Å². The van der Waals surface area contributed by atoms with Crippen LogP contribution in [0.5, 0.6) is 0 Å². The van der Waals surface area contributed by atoms with Crippen molar-refractivity contribution < 1.29 is 14.7 Å². The van der Waals surface area contributed by atoms with Gasteiger partial charge in [-0.3, -0.25) is 4.90 Å². The van der Waals surface area contributed by atoms with Crippen LogP contribution in [0.25, 0.3) is 0 Å². The minimum atomic E-state index is -1.04. The summed E-state index contributed by atoms with van der Waals surface area (Å²) in [5.74, 6) is -1.04. The van der Waals surface area contributed by atoms with E-state index in [9.17, 15) is 9.59 Å². The molecule has 1 fully saturated rings. The quantitative estimate of drug-likeness (QED) is 0.877. The monoisotopic (exact) mass is 254 g/mol. The van der Waals surface area contributed by atoms with E-state index in [2.05, 4.69) is 0 Å².